The summed E-state index contributed by atoms with van der Waals surface area (Å²) in [6.45, 7) is 7.06. The van der Waals surface area contributed by atoms with Crippen LogP contribution in [0.4, 0.5) is 0 Å². The molecule has 28 heavy (non-hydrogen) atoms. The van der Waals surface area contributed by atoms with Gasteiger partial charge in [0, 0.05) is 22.4 Å². The molecular formula is C23H30N2O2S. The average molecular weight is 399 g/mol. The zero-order valence-corrected chi connectivity index (χ0v) is 17.8. The van der Waals surface area contributed by atoms with Gasteiger partial charge in [-0.25, -0.2) is 0 Å². The molecule has 5 heteroatoms. The number of carbonyl (C=O) groups is 2. The molecule has 0 aliphatic heterocycles. The minimum Gasteiger partial charge on any atom is -0.354 e. The Morgan fingerprint density at radius 2 is 1.71 bits per heavy atom. The van der Waals surface area contributed by atoms with E-state index in [2.05, 4.69) is 48.9 Å². The minimum atomic E-state index is -0.218. The first-order valence-electron chi connectivity index (χ1n) is 10.00. The molecule has 1 fully saturated rings. The van der Waals surface area contributed by atoms with Crippen molar-refractivity contribution in [2.45, 2.75) is 57.3 Å². The summed E-state index contributed by atoms with van der Waals surface area (Å²) in [6.07, 6.45) is 4.63. The summed E-state index contributed by atoms with van der Waals surface area (Å²) in [4.78, 5) is 26.0. The SMILES string of the molecule is CC(C)(C)c1ccc(C(=O)NCC(=O)NCC2(c3cccs3)CCCC2)cc1. The van der Waals surface area contributed by atoms with Gasteiger partial charge in [0.2, 0.25) is 5.91 Å². The van der Waals surface area contributed by atoms with E-state index in [1.54, 1.807) is 11.3 Å². The second kappa shape index (κ2) is 8.48. The van der Waals surface area contributed by atoms with Crippen molar-refractivity contribution in [3.8, 4) is 0 Å². The highest BCUT2D eigenvalue weighted by atomic mass is 32.1. The van der Waals surface area contributed by atoms with Crippen LogP contribution in [0.1, 0.15) is 67.3 Å². The molecule has 0 saturated heterocycles. The van der Waals surface area contributed by atoms with E-state index in [0.717, 1.165) is 12.8 Å². The molecule has 3 rings (SSSR count). The number of nitrogens with one attached hydrogen (secondary N) is 2. The Bertz CT molecular complexity index is 798. The molecule has 0 radical (unpaired) electrons. The number of hydrogen-bond donors (Lipinski definition) is 2. The lowest BCUT2D eigenvalue weighted by atomic mass is 9.84. The summed E-state index contributed by atoms with van der Waals surface area (Å²) >= 11 is 1.77. The van der Waals surface area contributed by atoms with E-state index in [4.69, 9.17) is 0 Å². The maximum atomic E-state index is 12.3. The van der Waals surface area contributed by atoms with E-state index in [1.165, 1.54) is 23.3 Å². The highest BCUT2D eigenvalue weighted by molar-refractivity contribution is 7.10. The van der Waals surface area contributed by atoms with Crippen LogP contribution in [0.15, 0.2) is 41.8 Å². The topological polar surface area (TPSA) is 58.2 Å². The fourth-order valence-corrected chi connectivity index (χ4v) is 4.84. The summed E-state index contributed by atoms with van der Waals surface area (Å²) < 4.78 is 0. The molecule has 0 spiro atoms. The summed E-state index contributed by atoms with van der Waals surface area (Å²) in [7, 11) is 0. The van der Waals surface area contributed by atoms with Crippen molar-refractivity contribution >= 4 is 23.2 Å². The molecule has 0 unspecified atom stereocenters. The van der Waals surface area contributed by atoms with Crippen molar-refractivity contribution in [2.24, 2.45) is 0 Å². The van der Waals surface area contributed by atoms with E-state index >= 15 is 0 Å². The van der Waals surface area contributed by atoms with Gasteiger partial charge in [-0.2, -0.15) is 0 Å². The number of thiophene rings is 1. The average Bonchev–Trinajstić information content (AvgIpc) is 3.36. The Morgan fingerprint density at radius 3 is 2.29 bits per heavy atom. The van der Waals surface area contributed by atoms with Gasteiger partial charge in [0.05, 0.1) is 6.54 Å². The van der Waals surface area contributed by atoms with Crippen LogP contribution in [0, 0.1) is 0 Å². The normalized spacial score (nSPS) is 16.0. The zero-order chi connectivity index (χ0) is 20.2. The van der Waals surface area contributed by atoms with Gasteiger partial charge in [-0.3, -0.25) is 9.59 Å². The lowest BCUT2D eigenvalue weighted by Crippen LogP contribution is -2.43. The molecular weight excluding hydrogens is 368 g/mol. The van der Waals surface area contributed by atoms with Crippen LogP contribution >= 0.6 is 11.3 Å². The number of carbonyl (C=O) groups excluding carboxylic acids is 2. The van der Waals surface area contributed by atoms with E-state index in [9.17, 15) is 9.59 Å². The molecule has 1 aromatic carbocycles. The van der Waals surface area contributed by atoms with Crippen LogP contribution in [0.5, 0.6) is 0 Å². The maximum absolute atomic E-state index is 12.3. The molecule has 2 N–H and O–H groups in total. The Balaban J connectivity index is 1.51. The fourth-order valence-electron chi connectivity index (χ4n) is 3.86. The van der Waals surface area contributed by atoms with Gasteiger partial charge in [0.15, 0.2) is 0 Å². The molecule has 1 aliphatic carbocycles. The Kier molecular flexibility index (Phi) is 6.23. The lowest BCUT2D eigenvalue weighted by Gasteiger charge is -2.28. The first-order valence-corrected chi connectivity index (χ1v) is 10.9. The highest BCUT2D eigenvalue weighted by Gasteiger charge is 2.36. The predicted octanol–water partition coefficient (Wildman–Crippen LogP) is 4.40. The first-order chi connectivity index (χ1) is 13.3. The number of benzene rings is 1. The van der Waals surface area contributed by atoms with Crippen molar-refractivity contribution in [1.29, 1.82) is 0 Å². The number of rotatable bonds is 6. The van der Waals surface area contributed by atoms with E-state index in [-0.39, 0.29) is 29.2 Å². The van der Waals surface area contributed by atoms with E-state index in [0.29, 0.717) is 12.1 Å². The third-order valence-corrected chi connectivity index (χ3v) is 6.77. The standard InChI is InChI=1S/C23H30N2O2S/c1-22(2,3)18-10-8-17(9-11-18)21(27)24-15-20(26)25-16-23(12-4-5-13-23)19-7-6-14-28-19/h6-11,14H,4-5,12-13,15-16H2,1-3H3,(H,24,27)(H,25,26). The molecule has 150 valence electrons. The zero-order valence-electron chi connectivity index (χ0n) is 17.0. The molecule has 2 aromatic rings. The fraction of sp³-hybridized carbons (Fsp3) is 0.478. The number of amides is 2. The van der Waals surface area contributed by atoms with Crippen molar-refractivity contribution in [2.75, 3.05) is 13.1 Å². The Labute approximate surface area is 171 Å². The van der Waals surface area contributed by atoms with Crippen LogP contribution in [0.2, 0.25) is 0 Å². The molecule has 1 aliphatic rings. The minimum absolute atomic E-state index is 0.000373. The van der Waals surface area contributed by atoms with Crippen molar-refractivity contribution in [3.05, 3.63) is 57.8 Å². The van der Waals surface area contributed by atoms with Crippen molar-refractivity contribution in [3.63, 3.8) is 0 Å². The van der Waals surface area contributed by atoms with Crippen molar-refractivity contribution in [1.82, 2.24) is 10.6 Å². The van der Waals surface area contributed by atoms with E-state index in [1.807, 2.05) is 24.3 Å². The van der Waals surface area contributed by atoms with Crippen molar-refractivity contribution < 1.29 is 9.59 Å². The molecule has 1 saturated carbocycles. The largest absolute Gasteiger partial charge is 0.354 e. The monoisotopic (exact) mass is 398 g/mol. The van der Waals surface area contributed by atoms with Gasteiger partial charge >= 0.3 is 0 Å². The summed E-state index contributed by atoms with van der Waals surface area (Å²) in [5, 5.41) is 7.87. The molecule has 1 aromatic heterocycles. The summed E-state index contributed by atoms with van der Waals surface area (Å²) in [5.74, 6) is -0.355. The quantitative estimate of drug-likeness (QED) is 0.757. The van der Waals surface area contributed by atoms with Crippen LogP contribution in [-0.2, 0) is 15.6 Å². The van der Waals surface area contributed by atoms with Crippen LogP contribution in [-0.4, -0.2) is 24.9 Å². The van der Waals surface area contributed by atoms with Crippen LogP contribution in [0.25, 0.3) is 0 Å². The lowest BCUT2D eigenvalue weighted by molar-refractivity contribution is -0.120. The summed E-state index contributed by atoms with van der Waals surface area (Å²) in [6, 6.07) is 11.8. The molecule has 0 bridgehead atoms. The number of hydrogen-bond acceptors (Lipinski definition) is 3. The highest BCUT2D eigenvalue weighted by Crippen LogP contribution is 2.42. The van der Waals surface area contributed by atoms with Gasteiger partial charge in [-0.15, -0.1) is 11.3 Å². The van der Waals surface area contributed by atoms with Crippen LogP contribution in [0.3, 0.4) is 0 Å². The van der Waals surface area contributed by atoms with Gasteiger partial charge in [0.25, 0.3) is 5.91 Å². The molecule has 0 atom stereocenters. The van der Waals surface area contributed by atoms with Crippen LogP contribution < -0.4 is 10.6 Å². The maximum Gasteiger partial charge on any atom is 0.251 e. The molecule has 4 nitrogen and oxygen atoms in total. The second-order valence-electron chi connectivity index (χ2n) is 8.75. The summed E-state index contributed by atoms with van der Waals surface area (Å²) in [5.41, 5.74) is 1.87. The Hall–Kier alpha value is -2.14. The predicted molar refractivity (Wildman–Crippen MR) is 115 cm³/mol. The third-order valence-electron chi connectivity index (χ3n) is 5.65. The van der Waals surface area contributed by atoms with Gasteiger partial charge in [-0.1, -0.05) is 51.8 Å². The first kappa shape index (κ1) is 20.6. The third kappa shape index (κ3) is 4.82. The second-order valence-corrected chi connectivity index (χ2v) is 9.70. The Morgan fingerprint density at radius 1 is 1.04 bits per heavy atom. The smallest absolute Gasteiger partial charge is 0.251 e. The van der Waals surface area contributed by atoms with E-state index < -0.39 is 0 Å². The van der Waals surface area contributed by atoms with Gasteiger partial charge in [-0.05, 0) is 47.4 Å². The van der Waals surface area contributed by atoms with Gasteiger partial charge < -0.3 is 10.6 Å². The van der Waals surface area contributed by atoms with Gasteiger partial charge in [0.1, 0.15) is 0 Å². The molecule has 2 amide bonds. The molecule has 1 heterocycles.